The first-order chi connectivity index (χ1) is 10.3. The van der Waals surface area contributed by atoms with E-state index in [1.54, 1.807) is 7.11 Å². The first-order valence-electron chi connectivity index (χ1n) is 7.14. The maximum atomic E-state index is 5.22. The number of ether oxygens (including phenoxy) is 1. The van der Waals surface area contributed by atoms with E-state index in [9.17, 15) is 0 Å². The number of nitrogens with zero attached hydrogens (tertiary/aromatic N) is 1. The third-order valence-corrected chi connectivity index (χ3v) is 3.64. The van der Waals surface area contributed by atoms with Crippen molar-refractivity contribution in [1.82, 2.24) is 10.6 Å². The summed E-state index contributed by atoms with van der Waals surface area (Å²) < 4.78 is 5.22. The normalized spacial score (nSPS) is 11.0. The van der Waals surface area contributed by atoms with Crippen LogP contribution in [0.2, 0.25) is 0 Å². The Morgan fingerprint density at radius 1 is 1.43 bits per heavy atom. The second kappa shape index (κ2) is 11.1. The number of aliphatic imine (C=N–C) groups is 1. The zero-order valence-corrected chi connectivity index (χ0v) is 13.7. The van der Waals surface area contributed by atoms with Crippen molar-refractivity contribution in [2.24, 2.45) is 4.99 Å². The van der Waals surface area contributed by atoms with Crippen LogP contribution >= 0.6 is 11.8 Å². The van der Waals surface area contributed by atoms with Gasteiger partial charge >= 0.3 is 0 Å². The molecule has 0 radical (unpaired) electrons. The summed E-state index contributed by atoms with van der Waals surface area (Å²) in [6, 6.07) is 7.98. The van der Waals surface area contributed by atoms with Gasteiger partial charge in [0.25, 0.3) is 0 Å². The monoisotopic (exact) mass is 307 g/mol. The van der Waals surface area contributed by atoms with E-state index in [1.165, 1.54) is 0 Å². The van der Waals surface area contributed by atoms with E-state index in [0.29, 0.717) is 6.54 Å². The molecule has 0 saturated heterocycles. The third kappa shape index (κ3) is 7.66. The number of benzene rings is 1. The molecule has 0 aliphatic rings. The zero-order valence-electron chi connectivity index (χ0n) is 12.9. The molecule has 5 heteroatoms. The molecule has 0 bridgehead atoms. The van der Waals surface area contributed by atoms with Gasteiger partial charge in [-0.15, -0.1) is 6.58 Å². The van der Waals surface area contributed by atoms with E-state index < -0.39 is 0 Å². The lowest BCUT2D eigenvalue weighted by atomic mass is 10.2. The Hall–Kier alpha value is -1.62. The van der Waals surface area contributed by atoms with Crippen molar-refractivity contribution in [2.45, 2.75) is 13.5 Å². The fraction of sp³-hybridized carbons (Fsp3) is 0.438. The molecule has 2 N–H and O–H groups in total. The molecule has 0 amide bonds. The van der Waals surface area contributed by atoms with Gasteiger partial charge in [0.2, 0.25) is 0 Å². The van der Waals surface area contributed by atoms with Crippen LogP contribution in [0.5, 0.6) is 5.75 Å². The fourth-order valence-corrected chi connectivity index (χ4v) is 2.27. The second-order valence-corrected chi connectivity index (χ2v) is 5.49. The number of rotatable bonds is 9. The predicted molar refractivity (Wildman–Crippen MR) is 93.3 cm³/mol. The second-order valence-electron chi connectivity index (χ2n) is 4.34. The van der Waals surface area contributed by atoms with Crippen molar-refractivity contribution >= 4 is 17.7 Å². The molecule has 0 aromatic heterocycles. The average molecular weight is 307 g/mol. The van der Waals surface area contributed by atoms with Crippen LogP contribution in [-0.4, -0.2) is 37.7 Å². The summed E-state index contributed by atoms with van der Waals surface area (Å²) >= 11 is 1.85. The molecular weight excluding hydrogens is 282 g/mol. The van der Waals surface area contributed by atoms with E-state index in [1.807, 2.05) is 36.0 Å². The summed E-state index contributed by atoms with van der Waals surface area (Å²) in [6.45, 7) is 8.15. The van der Waals surface area contributed by atoms with Crippen molar-refractivity contribution in [3.8, 4) is 5.75 Å². The highest BCUT2D eigenvalue weighted by Gasteiger charge is 1.98. The minimum atomic E-state index is 0.631. The van der Waals surface area contributed by atoms with Crippen molar-refractivity contribution in [2.75, 3.05) is 31.7 Å². The minimum absolute atomic E-state index is 0.631. The van der Waals surface area contributed by atoms with Gasteiger partial charge in [0.15, 0.2) is 5.96 Å². The fourth-order valence-electron chi connectivity index (χ4n) is 1.69. The van der Waals surface area contributed by atoms with Crippen LogP contribution in [0.1, 0.15) is 12.5 Å². The number of guanidine groups is 1. The maximum absolute atomic E-state index is 5.22. The SMILES string of the molecule is C=CCSCCNC(=NCc1cccc(OC)c1)NCC. The summed E-state index contributed by atoms with van der Waals surface area (Å²) in [7, 11) is 1.68. The van der Waals surface area contributed by atoms with Gasteiger partial charge in [0.05, 0.1) is 13.7 Å². The first-order valence-corrected chi connectivity index (χ1v) is 8.29. The molecule has 0 fully saturated rings. The lowest BCUT2D eigenvalue weighted by Crippen LogP contribution is -2.38. The van der Waals surface area contributed by atoms with E-state index in [-0.39, 0.29) is 0 Å². The minimum Gasteiger partial charge on any atom is -0.497 e. The quantitative estimate of drug-likeness (QED) is 0.319. The predicted octanol–water partition coefficient (Wildman–Crippen LogP) is 2.67. The van der Waals surface area contributed by atoms with Crippen LogP contribution < -0.4 is 15.4 Å². The number of nitrogens with one attached hydrogen (secondary N) is 2. The van der Waals surface area contributed by atoms with Crippen LogP contribution in [0.15, 0.2) is 41.9 Å². The van der Waals surface area contributed by atoms with Crippen molar-refractivity contribution in [3.05, 3.63) is 42.5 Å². The summed E-state index contributed by atoms with van der Waals surface area (Å²) in [5, 5.41) is 6.58. The Morgan fingerprint density at radius 2 is 2.29 bits per heavy atom. The highest BCUT2D eigenvalue weighted by molar-refractivity contribution is 7.99. The van der Waals surface area contributed by atoms with Gasteiger partial charge in [0.1, 0.15) is 5.75 Å². The lowest BCUT2D eigenvalue weighted by molar-refractivity contribution is 0.414. The first kappa shape index (κ1) is 17.4. The van der Waals surface area contributed by atoms with Gasteiger partial charge in [-0.25, -0.2) is 4.99 Å². The molecule has 1 rings (SSSR count). The summed E-state index contributed by atoms with van der Waals surface area (Å²) in [5.41, 5.74) is 1.13. The molecule has 0 saturated carbocycles. The van der Waals surface area contributed by atoms with Crippen molar-refractivity contribution in [3.63, 3.8) is 0 Å². The molecule has 4 nitrogen and oxygen atoms in total. The largest absolute Gasteiger partial charge is 0.497 e. The lowest BCUT2D eigenvalue weighted by Gasteiger charge is -2.11. The number of thioether (sulfide) groups is 1. The Balaban J connectivity index is 2.47. The summed E-state index contributed by atoms with van der Waals surface area (Å²) in [6.07, 6.45) is 1.92. The molecule has 21 heavy (non-hydrogen) atoms. The van der Waals surface area contributed by atoms with Crippen LogP contribution in [-0.2, 0) is 6.54 Å². The Kier molecular flexibility index (Phi) is 9.20. The number of hydrogen-bond acceptors (Lipinski definition) is 3. The molecular formula is C16H25N3OS. The third-order valence-electron chi connectivity index (χ3n) is 2.67. The highest BCUT2D eigenvalue weighted by Crippen LogP contribution is 2.13. The van der Waals surface area contributed by atoms with Crippen molar-refractivity contribution in [1.29, 1.82) is 0 Å². The van der Waals surface area contributed by atoms with Crippen LogP contribution in [0, 0.1) is 0 Å². The topological polar surface area (TPSA) is 45.7 Å². The van der Waals surface area contributed by atoms with E-state index in [0.717, 1.165) is 41.9 Å². The van der Waals surface area contributed by atoms with Crippen LogP contribution in [0.25, 0.3) is 0 Å². The molecule has 0 aliphatic carbocycles. The van der Waals surface area contributed by atoms with Gasteiger partial charge in [-0.05, 0) is 24.6 Å². The Labute approximate surface area is 132 Å². The molecule has 0 unspecified atom stereocenters. The smallest absolute Gasteiger partial charge is 0.191 e. The van der Waals surface area contributed by atoms with Gasteiger partial charge in [0, 0.05) is 24.6 Å². The van der Waals surface area contributed by atoms with E-state index in [2.05, 4.69) is 35.2 Å². The highest BCUT2D eigenvalue weighted by atomic mass is 32.2. The summed E-state index contributed by atoms with van der Waals surface area (Å²) in [4.78, 5) is 4.59. The molecule has 116 valence electrons. The van der Waals surface area contributed by atoms with E-state index >= 15 is 0 Å². The Morgan fingerprint density at radius 3 is 3.00 bits per heavy atom. The number of methoxy groups -OCH3 is 1. The van der Waals surface area contributed by atoms with Gasteiger partial charge in [-0.3, -0.25) is 0 Å². The molecule has 0 spiro atoms. The summed E-state index contributed by atoms with van der Waals surface area (Å²) in [5.74, 6) is 3.73. The molecule has 0 atom stereocenters. The van der Waals surface area contributed by atoms with Gasteiger partial charge in [-0.1, -0.05) is 18.2 Å². The Bertz CT molecular complexity index is 449. The van der Waals surface area contributed by atoms with Gasteiger partial charge < -0.3 is 15.4 Å². The van der Waals surface area contributed by atoms with E-state index in [4.69, 9.17) is 4.74 Å². The molecule has 0 heterocycles. The van der Waals surface area contributed by atoms with Crippen LogP contribution in [0.3, 0.4) is 0 Å². The molecule has 0 aliphatic heterocycles. The van der Waals surface area contributed by atoms with Crippen molar-refractivity contribution < 1.29 is 4.74 Å². The molecule has 1 aromatic rings. The average Bonchev–Trinajstić information content (AvgIpc) is 2.52. The van der Waals surface area contributed by atoms with Gasteiger partial charge in [-0.2, -0.15) is 11.8 Å². The standard InChI is InChI=1S/C16H25N3OS/c1-4-10-21-11-9-18-16(17-5-2)19-13-14-7-6-8-15(12-14)20-3/h4,6-8,12H,1,5,9-11,13H2,2-3H3,(H2,17,18,19). The maximum Gasteiger partial charge on any atom is 0.191 e. The van der Waals surface area contributed by atoms with Crippen LogP contribution in [0.4, 0.5) is 0 Å². The number of hydrogen-bond donors (Lipinski definition) is 2. The molecule has 1 aromatic carbocycles. The zero-order chi connectivity index (χ0) is 15.3.